The number of hydrogen-bond acceptors (Lipinski definition) is 2. The molecule has 3 rings (SSSR count). The van der Waals surface area contributed by atoms with Gasteiger partial charge < -0.3 is 4.84 Å². The van der Waals surface area contributed by atoms with Gasteiger partial charge in [-0.1, -0.05) is 59.2 Å². The molecule has 0 aliphatic heterocycles. The molecular formula is C18H18ClNO. The molecule has 3 heteroatoms. The zero-order chi connectivity index (χ0) is 14.7. The summed E-state index contributed by atoms with van der Waals surface area (Å²) in [5, 5.41) is 5.05. The quantitative estimate of drug-likeness (QED) is 0.560. The molecule has 1 aliphatic carbocycles. The zero-order valence-corrected chi connectivity index (χ0v) is 12.8. The van der Waals surface area contributed by atoms with Crippen molar-refractivity contribution in [2.24, 2.45) is 11.1 Å². The van der Waals surface area contributed by atoms with Crippen LogP contribution in [0.25, 0.3) is 0 Å². The third kappa shape index (κ3) is 3.64. The maximum absolute atomic E-state index is 5.92. The van der Waals surface area contributed by atoms with E-state index in [9.17, 15) is 0 Å². The molecule has 0 spiro atoms. The number of rotatable bonds is 5. The van der Waals surface area contributed by atoms with Gasteiger partial charge >= 0.3 is 0 Å². The van der Waals surface area contributed by atoms with E-state index in [1.54, 1.807) is 0 Å². The number of nitrogens with zero attached hydrogens (tertiary/aromatic N) is 1. The molecular weight excluding hydrogens is 282 g/mol. The van der Waals surface area contributed by atoms with Crippen molar-refractivity contribution in [2.75, 3.05) is 0 Å². The molecule has 0 unspecified atom stereocenters. The van der Waals surface area contributed by atoms with E-state index in [2.05, 4.69) is 17.3 Å². The second-order valence-electron chi connectivity index (χ2n) is 5.49. The minimum Gasteiger partial charge on any atom is -0.391 e. The molecule has 0 bridgehead atoms. The van der Waals surface area contributed by atoms with Crippen molar-refractivity contribution in [1.82, 2.24) is 0 Å². The summed E-state index contributed by atoms with van der Waals surface area (Å²) in [5.41, 5.74) is 3.55. The van der Waals surface area contributed by atoms with E-state index >= 15 is 0 Å². The van der Waals surface area contributed by atoms with Crippen LogP contribution in [-0.2, 0) is 11.4 Å². The number of halogens is 1. The van der Waals surface area contributed by atoms with Crippen molar-refractivity contribution in [2.45, 2.75) is 25.9 Å². The Labute approximate surface area is 130 Å². The van der Waals surface area contributed by atoms with Crippen LogP contribution in [0.1, 0.15) is 30.4 Å². The summed E-state index contributed by atoms with van der Waals surface area (Å²) in [6.07, 6.45) is 1.14. The van der Waals surface area contributed by atoms with Crippen molar-refractivity contribution in [1.29, 1.82) is 0 Å². The molecule has 108 valence electrons. The lowest BCUT2D eigenvalue weighted by Gasteiger charge is -2.03. The SMILES string of the molecule is C/C(=N/OCc1ccccc1)[C@H]1C[C@H]1c1ccc(Cl)cc1. The van der Waals surface area contributed by atoms with Crippen LogP contribution < -0.4 is 0 Å². The van der Waals surface area contributed by atoms with Crippen molar-refractivity contribution >= 4 is 17.3 Å². The molecule has 2 nitrogen and oxygen atoms in total. The minimum absolute atomic E-state index is 0.502. The second kappa shape index (κ2) is 6.31. The van der Waals surface area contributed by atoms with Gasteiger partial charge in [0.2, 0.25) is 0 Å². The predicted octanol–water partition coefficient (Wildman–Crippen LogP) is 5.04. The zero-order valence-electron chi connectivity index (χ0n) is 12.0. The monoisotopic (exact) mass is 299 g/mol. The van der Waals surface area contributed by atoms with Crippen molar-refractivity contribution in [3.8, 4) is 0 Å². The minimum atomic E-state index is 0.502. The first-order valence-electron chi connectivity index (χ1n) is 7.20. The van der Waals surface area contributed by atoms with Gasteiger partial charge in [-0.25, -0.2) is 0 Å². The summed E-state index contributed by atoms with van der Waals surface area (Å²) in [5.74, 6) is 1.06. The molecule has 0 heterocycles. The lowest BCUT2D eigenvalue weighted by atomic mass is 10.1. The maximum atomic E-state index is 5.92. The van der Waals surface area contributed by atoms with Gasteiger partial charge in [-0.3, -0.25) is 0 Å². The van der Waals surface area contributed by atoms with Crippen LogP contribution in [0.15, 0.2) is 59.8 Å². The lowest BCUT2D eigenvalue weighted by molar-refractivity contribution is 0.129. The summed E-state index contributed by atoms with van der Waals surface area (Å²) in [7, 11) is 0. The molecule has 0 aromatic heterocycles. The summed E-state index contributed by atoms with van der Waals surface area (Å²) in [6.45, 7) is 2.57. The van der Waals surface area contributed by atoms with Gasteiger partial charge in [0.25, 0.3) is 0 Å². The van der Waals surface area contributed by atoms with E-state index in [1.165, 1.54) is 5.56 Å². The molecule has 2 atom stereocenters. The summed E-state index contributed by atoms with van der Waals surface area (Å²) < 4.78 is 0. The molecule has 0 radical (unpaired) electrons. The van der Waals surface area contributed by atoms with Gasteiger partial charge in [-0.15, -0.1) is 0 Å². The van der Waals surface area contributed by atoms with E-state index in [0.717, 1.165) is 22.7 Å². The van der Waals surface area contributed by atoms with Crippen LogP contribution in [-0.4, -0.2) is 5.71 Å². The van der Waals surface area contributed by atoms with Gasteiger partial charge in [0.1, 0.15) is 6.61 Å². The van der Waals surface area contributed by atoms with Crippen molar-refractivity contribution < 1.29 is 4.84 Å². The topological polar surface area (TPSA) is 21.6 Å². The molecule has 21 heavy (non-hydrogen) atoms. The Bertz CT molecular complexity index is 621. The molecule has 0 N–H and O–H groups in total. The Morgan fingerprint density at radius 3 is 2.57 bits per heavy atom. The highest BCUT2D eigenvalue weighted by Gasteiger charge is 2.40. The fraction of sp³-hybridized carbons (Fsp3) is 0.278. The Hall–Kier alpha value is -1.80. The van der Waals surface area contributed by atoms with Gasteiger partial charge in [0, 0.05) is 10.9 Å². The third-order valence-corrected chi connectivity index (χ3v) is 4.16. The molecule has 2 aromatic rings. The fourth-order valence-electron chi connectivity index (χ4n) is 2.59. The van der Waals surface area contributed by atoms with E-state index < -0.39 is 0 Å². The fourth-order valence-corrected chi connectivity index (χ4v) is 2.71. The largest absolute Gasteiger partial charge is 0.391 e. The van der Waals surface area contributed by atoms with Crippen LogP contribution in [0.3, 0.4) is 0 Å². The second-order valence-corrected chi connectivity index (χ2v) is 5.93. The first-order valence-corrected chi connectivity index (χ1v) is 7.57. The molecule has 0 amide bonds. The van der Waals surface area contributed by atoms with Gasteiger partial charge in [0.15, 0.2) is 0 Å². The normalized spacial score (nSPS) is 21.1. The first kappa shape index (κ1) is 14.2. The van der Waals surface area contributed by atoms with Crippen molar-refractivity contribution in [3.05, 3.63) is 70.7 Å². The van der Waals surface area contributed by atoms with Gasteiger partial charge in [-0.2, -0.15) is 0 Å². The predicted molar refractivity (Wildman–Crippen MR) is 86.6 cm³/mol. The Kier molecular flexibility index (Phi) is 4.26. The smallest absolute Gasteiger partial charge is 0.142 e. The molecule has 1 aliphatic rings. The van der Waals surface area contributed by atoms with E-state index in [0.29, 0.717) is 18.4 Å². The van der Waals surface area contributed by atoms with E-state index in [-0.39, 0.29) is 0 Å². The molecule has 0 saturated heterocycles. The summed E-state index contributed by atoms with van der Waals surface area (Å²) >= 11 is 5.92. The average Bonchev–Trinajstić information content (AvgIpc) is 3.30. The maximum Gasteiger partial charge on any atom is 0.142 e. The van der Waals surface area contributed by atoms with Crippen molar-refractivity contribution in [3.63, 3.8) is 0 Å². The number of hydrogen-bond donors (Lipinski definition) is 0. The molecule has 1 saturated carbocycles. The van der Waals surface area contributed by atoms with Crippen LogP contribution in [0, 0.1) is 5.92 Å². The van der Waals surface area contributed by atoms with Crippen LogP contribution in [0.2, 0.25) is 5.02 Å². The highest BCUT2D eigenvalue weighted by molar-refractivity contribution is 6.30. The Morgan fingerprint density at radius 1 is 1.14 bits per heavy atom. The van der Waals surface area contributed by atoms with Crippen LogP contribution in [0.5, 0.6) is 0 Å². The van der Waals surface area contributed by atoms with Crippen LogP contribution >= 0.6 is 11.6 Å². The lowest BCUT2D eigenvalue weighted by Crippen LogP contribution is -1.98. The summed E-state index contributed by atoms with van der Waals surface area (Å²) in [4.78, 5) is 5.45. The summed E-state index contributed by atoms with van der Waals surface area (Å²) in [6, 6.07) is 18.2. The third-order valence-electron chi connectivity index (χ3n) is 3.91. The Morgan fingerprint density at radius 2 is 1.86 bits per heavy atom. The van der Waals surface area contributed by atoms with E-state index in [1.807, 2.05) is 49.4 Å². The van der Waals surface area contributed by atoms with Gasteiger partial charge in [-0.05, 0) is 42.5 Å². The Balaban J connectivity index is 1.53. The number of oxime groups is 1. The molecule has 2 aromatic carbocycles. The van der Waals surface area contributed by atoms with E-state index in [4.69, 9.17) is 16.4 Å². The van der Waals surface area contributed by atoms with Gasteiger partial charge in [0.05, 0.1) is 5.71 Å². The first-order chi connectivity index (χ1) is 10.2. The van der Waals surface area contributed by atoms with Crippen LogP contribution in [0.4, 0.5) is 0 Å². The number of benzene rings is 2. The highest BCUT2D eigenvalue weighted by Crippen LogP contribution is 2.48. The molecule has 1 fully saturated rings. The standard InChI is InChI=1S/C18H18ClNO/c1-13(20-21-12-14-5-3-2-4-6-14)17-11-18(17)15-7-9-16(19)10-8-15/h2-10,17-18H,11-12H2,1H3/b20-13-/t17-,18+/m1/s1. The average molecular weight is 300 g/mol. The highest BCUT2D eigenvalue weighted by atomic mass is 35.5.